The average molecular weight is 392 g/mol. The zero-order valence-corrected chi connectivity index (χ0v) is 17.2. The van der Waals surface area contributed by atoms with Gasteiger partial charge in [-0.05, 0) is 89.4 Å². The number of hydrogen-bond acceptors (Lipinski definition) is 3. The molecule has 2 aliphatic heterocycles. The maximum atomic E-state index is 12.8. The molecule has 0 atom stereocenters. The van der Waals surface area contributed by atoms with Crippen LogP contribution in [0.25, 0.3) is 0 Å². The lowest BCUT2D eigenvalue weighted by molar-refractivity contribution is -0.124. The first-order valence-electron chi connectivity index (χ1n) is 10.6. The van der Waals surface area contributed by atoms with Gasteiger partial charge in [-0.1, -0.05) is 42.6 Å². The fraction of sp³-hybridized carbons (Fsp3) is 0.682. The standard InChI is InChI=1S/C22H34ClN3O/c23-20-10-4-3-9-19(20)22(21(24)27,11-17-25-13-5-1-6-14-25)12-18-26-15-7-2-8-16-26/h3-4,9-10H,1-2,5-8,11-18H2,(H2,24,27). The average Bonchev–Trinajstić information content (AvgIpc) is 2.70. The summed E-state index contributed by atoms with van der Waals surface area (Å²) in [7, 11) is 0. The predicted octanol–water partition coefficient (Wildman–Crippen LogP) is 3.82. The van der Waals surface area contributed by atoms with Crippen LogP contribution in [-0.2, 0) is 10.2 Å². The van der Waals surface area contributed by atoms with Crippen molar-refractivity contribution in [3.8, 4) is 0 Å². The Kier molecular flexibility index (Phi) is 7.57. The normalized spacial score (nSPS) is 19.9. The first-order chi connectivity index (χ1) is 13.1. The van der Waals surface area contributed by atoms with Crippen LogP contribution in [0, 0.1) is 0 Å². The Morgan fingerprint density at radius 1 is 0.889 bits per heavy atom. The number of carbonyl (C=O) groups excluding carboxylic acids is 1. The zero-order valence-electron chi connectivity index (χ0n) is 16.5. The quantitative estimate of drug-likeness (QED) is 0.732. The number of halogens is 1. The third-order valence-corrected chi connectivity index (χ3v) is 6.80. The SMILES string of the molecule is NC(=O)C(CCN1CCCCC1)(CCN1CCCCC1)c1ccccc1Cl. The van der Waals surface area contributed by atoms with Crippen molar-refractivity contribution in [2.24, 2.45) is 5.73 Å². The summed E-state index contributed by atoms with van der Waals surface area (Å²) in [5, 5.41) is 0.661. The molecular weight excluding hydrogens is 358 g/mol. The lowest BCUT2D eigenvalue weighted by Crippen LogP contribution is -2.47. The number of carbonyl (C=O) groups is 1. The van der Waals surface area contributed by atoms with Gasteiger partial charge < -0.3 is 15.5 Å². The third kappa shape index (κ3) is 5.24. The molecule has 2 heterocycles. The molecule has 5 heteroatoms. The number of piperidine rings is 2. The molecule has 2 fully saturated rings. The second-order valence-electron chi connectivity index (χ2n) is 8.23. The molecule has 2 aliphatic rings. The van der Waals surface area contributed by atoms with Crippen LogP contribution in [-0.4, -0.2) is 55.0 Å². The summed E-state index contributed by atoms with van der Waals surface area (Å²) in [5.41, 5.74) is 6.29. The Morgan fingerprint density at radius 3 is 1.81 bits per heavy atom. The van der Waals surface area contributed by atoms with E-state index in [9.17, 15) is 4.79 Å². The fourth-order valence-corrected chi connectivity index (χ4v) is 5.00. The van der Waals surface area contributed by atoms with E-state index in [1.807, 2.05) is 24.3 Å². The van der Waals surface area contributed by atoms with Gasteiger partial charge in [0.15, 0.2) is 0 Å². The Morgan fingerprint density at radius 2 is 1.37 bits per heavy atom. The summed E-state index contributed by atoms with van der Waals surface area (Å²) in [6.45, 7) is 6.34. The molecule has 1 aromatic carbocycles. The molecule has 3 rings (SSSR count). The van der Waals surface area contributed by atoms with Crippen molar-refractivity contribution in [1.29, 1.82) is 0 Å². The molecule has 0 radical (unpaired) electrons. The maximum Gasteiger partial charge on any atom is 0.228 e. The molecule has 0 bridgehead atoms. The number of likely N-dealkylation sites (tertiary alicyclic amines) is 2. The van der Waals surface area contributed by atoms with Gasteiger partial charge in [0.2, 0.25) is 5.91 Å². The summed E-state index contributed by atoms with van der Waals surface area (Å²) in [6.07, 6.45) is 9.15. The minimum Gasteiger partial charge on any atom is -0.369 e. The Hall–Kier alpha value is -1.10. The molecule has 0 spiro atoms. The zero-order chi connectivity index (χ0) is 19.1. The number of rotatable bonds is 8. The van der Waals surface area contributed by atoms with Crippen LogP contribution in [0.2, 0.25) is 5.02 Å². The lowest BCUT2D eigenvalue weighted by Gasteiger charge is -2.37. The van der Waals surface area contributed by atoms with Gasteiger partial charge in [0.25, 0.3) is 0 Å². The smallest absolute Gasteiger partial charge is 0.228 e. The minimum atomic E-state index is -0.687. The van der Waals surface area contributed by atoms with Crippen LogP contribution < -0.4 is 5.73 Å². The van der Waals surface area contributed by atoms with Crippen LogP contribution in [0.4, 0.5) is 0 Å². The van der Waals surface area contributed by atoms with Crippen LogP contribution in [0.1, 0.15) is 56.9 Å². The van der Waals surface area contributed by atoms with E-state index in [-0.39, 0.29) is 5.91 Å². The van der Waals surface area contributed by atoms with Crippen LogP contribution in [0.5, 0.6) is 0 Å². The molecule has 0 aromatic heterocycles. The van der Waals surface area contributed by atoms with Crippen molar-refractivity contribution in [2.45, 2.75) is 56.8 Å². The van der Waals surface area contributed by atoms with Crippen molar-refractivity contribution in [3.63, 3.8) is 0 Å². The molecule has 0 unspecified atom stereocenters. The summed E-state index contributed by atoms with van der Waals surface area (Å²) < 4.78 is 0. The molecule has 1 amide bonds. The monoisotopic (exact) mass is 391 g/mol. The van der Waals surface area contributed by atoms with Crippen molar-refractivity contribution >= 4 is 17.5 Å². The Labute approximate surface area is 169 Å². The van der Waals surface area contributed by atoms with Crippen LogP contribution in [0.15, 0.2) is 24.3 Å². The van der Waals surface area contributed by atoms with Crippen molar-refractivity contribution < 1.29 is 4.79 Å². The first-order valence-corrected chi connectivity index (χ1v) is 11.0. The molecular formula is C22H34ClN3O. The van der Waals surface area contributed by atoms with Crippen molar-refractivity contribution in [2.75, 3.05) is 39.3 Å². The molecule has 2 saturated heterocycles. The molecule has 150 valence electrons. The molecule has 2 N–H and O–H groups in total. The lowest BCUT2D eigenvalue weighted by atomic mass is 9.73. The number of nitrogens with zero attached hydrogens (tertiary/aromatic N) is 2. The van der Waals surface area contributed by atoms with Gasteiger partial charge >= 0.3 is 0 Å². The van der Waals surface area contributed by atoms with Gasteiger partial charge in [0.05, 0.1) is 5.41 Å². The Balaban J connectivity index is 1.80. The number of primary amides is 1. The van der Waals surface area contributed by atoms with Gasteiger partial charge in [-0.25, -0.2) is 0 Å². The second-order valence-corrected chi connectivity index (χ2v) is 8.64. The predicted molar refractivity (Wildman–Crippen MR) is 112 cm³/mol. The van der Waals surface area contributed by atoms with Crippen LogP contribution in [0.3, 0.4) is 0 Å². The van der Waals surface area contributed by atoms with E-state index in [1.165, 1.54) is 38.5 Å². The molecule has 0 saturated carbocycles. The fourth-order valence-electron chi connectivity index (χ4n) is 4.69. The third-order valence-electron chi connectivity index (χ3n) is 6.47. The van der Waals surface area contributed by atoms with E-state index in [4.69, 9.17) is 17.3 Å². The summed E-state index contributed by atoms with van der Waals surface area (Å²) in [5.74, 6) is -0.232. The second kappa shape index (κ2) is 9.90. The van der Waals surface area contributed by atoms with E-state index < -0.39 is 5.41 Å². The van der Waals surface area contributed by atoms with Crippen LogP contribution >= 0.6 is 11.6 Å². The van der Waals surface area contributed by atoms with Gasteiger partial charge in [-0.3, -0.25) is 4.79 Å². The highest BCUT2D eigenvalue weighted by Crippen LogP contribution is 2.37. The summed E-state index contributed by atoms with van der Waals surface area (Å²) in [6, 6.07) is 7.78. The number of nitrogens with two attached hydrogens (primary N) is 1. The minimum absolute atomic E-state index is 0.232. The molecule has 27 heavy (non-hydrogen) atoms. The van der Waals surface area contributed by atoms with Gasteiger partial charge in [-0.15, -0.1) is 0 Å². The number of amides is 1. The molecule has 0 aliphatic carbocycles. The maximum absolute atomic E-state index is 12.8. The van der Waals surface area contributed by atoms with E-state index in [2.05, 4.69) is 9.80 Å². The molecule has 4 nitrogen and oxygen atoms in total. The number of benzene rings is 1. The van der Waals surface area contributed by atoms with E-state index in [1.54, 1.807) is 0 Å². The van der Waals surface area contributed by atoms with E-state index in [0.717, 1.165) is 57.7 Å². The summed E-state index contributed by atoms with van der Waals surface area (Å²) in [4.78, 5) is 17.8. The summed E-state index contributed by atoms with van der Waals surface area (Å²) >= 11 is 6.56. The van der Waals surface area contributed by atoms with Crippen molar-refractivity contribution in [3.05, 3.63) is 34.9 Å². The first kappa shape index (κ1) is 20.6. The molecule has 1 aromatic rings. The van der Waals surface area contributed by atoms with Gasteiger partial charge in [0.1, 0.15) is 0 Å². The topological polar surface area (TPSA) is 49.6 Å². The van der Waals surface area contributed by atoms with Crippen molar-refractivity contribution in [1.82, 2.24) is 9.80 Å². The van der Waals surface area contributed by atoms with E-state index >= 15 is 0 Å². The highest BCUT2D eigenvalue weighted by Gasteiger charge is 2.40. The van der Waals surface area contributed by atoms with Gasteiger partial charge in [-0.2, -0.15) is 0 Å². The highest BCUT2D eigenvalue weighted by molar-refractivity contribution is 6.31. The highest BCUT2D eigenvalue weighted by atomic mass is 35.5. The van der Waals surface area contributed by atoms with Gasteiger partial charge in [0, 0.05) is 5.02 Å². The Bertz CT molecular complexity index is 587. The largest absolute Gasteiger partial charge is 0.369 e. The number of hydrogen-bond donors (Lipinski definition) is 1. The van der Waals surface area contributed by atoms with E-state index in [0.29, 0.717) is 5.02 Å².